The molecule has 1 unspecified atom stereocenters. The number of thiophene rings is 1. The number of nitrogens with zero attached hydrogens (tertiary/aromatic N) is 1. The van der Waals surface area contributed by atoms with Gasteiger partial charge in [0.15, 0.2) is 0 Å². The van der Waals surface area contributed by atoms with Crippen LogP contribution in [0.2, 0.25) is 0 Å². The fourth-order valence-corrected chi connectivity index (χ4v) is 3.18. The molecule has 0 saturated heterocycles. The summed E-state index contributed by atoms with van der Waals surface area (Å²) < 4.78 is 5.16. The molecule has 0 saturated carbocycles. The Morgan fingerprint density at radius 1 is 1.47 bits per heavy atom. The number of methoxy groups -OCH3 is 1. The molecule has 0 amide bonds. The zero-order valence-corrected chi connectivity index (χ0v) is 12.1. The highest BCUT2D eigenvalue weighted by molar-refractivity contribution is 7.12. The van der Waals surface area contributed by atoms with Crippen molar-refractivity contribution in [3.8, 4) is 0 Å². The lowest BCUT2D eigenvalue weighted by molar-refractivity contribution is 0.125. The van der Waals surface area contributed by atoms with Crippen molar-refractivity contribution >= 4 is 11.3 Å². The minimum atomic E-state index is 0.320. The standard InChI is InChI=1S/C13H24N2OS/c1-5-15(6-7-16-4)13(9-14)12-8-10(2)17-11(12)3/h8,13H,5-7,9,14H2,1-4H3. The molecule has 1 atom stereocenters. The van der Waals surface area contributed by atoms with E-state index in [0.29, 0.717) is 12.6 Å². The van der Waals surface area contributed by atoms with E-state index in [9.17, 15) is 0 Å². The maximum atomic E-state index is 5.95. The molecule has 1 heterocycles. The normalized spacial score (nSPS) is 13.3. The van der Waals surface area contributed by atoms with Gasteiger partial charge in [-0.2, -0.15) is 0 Å². The van der Waals surface area contributed by atoms with Crippen molar-refractivity contribution in [1.29, 1.82) is 0 Å². The molecule has 0 bridgehead atoms. The Bertz CT molecular complexity index is 338. The maximum absolute atomic E-state index is 5.95. The first-order valence-corrected chi connectivity index (χ1v) is 6.95. The second-order valence-corrected chi connectivity index (χ2v) is 5.70. The smallest absolute Gasteiger partial charge is 0.0589 e. The molecule has 0 fully saturated rings. The van der Waals surface area contributed by atoms with E-state index in [4.69, 9.17) is 10.5 Å². The molecule has 3 nitrogen and oxygen atoms in total. The molecule has 17 heavy (non-hydrogen) atoms. The van der Waals surface area contributed by atoms with Gasteiger partial charge in [0.2, 0.25) is 0 Å². The highest BCUT2D eigenvalue weighted by Gasteiger charge is 2.20. The maximum Gasteiger partial charge on any atom is 0.0589 e. The molecule has 0 aromatic carbocycles. The zero-order chi connectivity index (χ0) is 12.8. The van der Waals surface area contributed by atoms with Crippen LogP contribution in [-0.4, -0.2) is 38.3 Å². The second-order valence-electron chi connectivity index (χ2n) is 4.24. The molecule has 1 aromatic heterocycles. The van der Waals surface area contributed by atoms with Crippen LogP contribution in [-0.2, 0) is 4.74 Å². The van der Waals surface area contributed by atoms with Crippen molar-refractivity contribution in [2.24, 2.45) is 5.73 Å². The fourth-order valence-electron chi connectivity index (χ4n) is 2.20. The van der Waals surface area contributed by atoms with Gasteiger partial charge in [-0.15, -0.1) is 11.3 Å². The van der Waals surface area contributed by atoms with Gasteiger partial charge in [-0.3, -0.25) is 4.90 Å². The van der Waals surface area contributed by atoms with Crippen LogP contribution in [0.25, 0.3) is 0 Å². The number of hydrogen-bond donors (Lipinski definition) is 1. The van der Waals surface area contributed by atoms with E-state index in [1.54, 1.807) is 7.11 Å². The summed E-state index contributed by atoms with van der Waals surface area (Å²) in [6.45, 7) is 9.86. The van der Waals surface area contributed by atoms with Crippen molar-refractivity contribution in [2.45, 2.75) is 26.8 Å². The monoisotopic (exact) mass is 256 g/mol. The summed E-state index contributed by atoms with van der Waals surface area (Å²) in [4.78, 5) is 5.13. The van der Waals surface area contributed by atoms with Gasteiger partial charge in [0.25, 0.3) is 0 Å². The largest absolute Gasteiger partial charge is 0.383 e. The molecule has 0 radical (unpaired) electrons. The summed E-state index contributed by atoms with van der Waals surface area (Å²) in [7, 11) is 1.74. The topological polar surface area (TPSA) is 38.5 Å². The van der Waals surface area contributed by atoms with Crippen molar-refractivity contribution in [3.05, 3.63) is 21.4 Å². The predicted molar refractivity (Wildman–Crippen MR) is 74.7 cm³/mol. The molecular formula is C13H24N2OS. The van der Waals surface area contributed by atoms with Gasteiger partial charge >= 0.3 is 0 Å². The lowest BCUT2D eigenvalue weighted by atomic mass is 10.1. The second kappa shape index (κ2) is 7.11. The number of aryl methyl sites for hydroxylation is 2. The Hall–Kier alpha value is -0.420. The predicted octanol–water partition coefficient (Wildman–Crippen LogP) is 2.33. The number of likely N-dealkylation sites (N-methyl/N-ethyl adjacent to an activating group) is 1. The third-order valence-corrected chi connectivity index (χ3v) is 4.07. The van der Waals surface area contributed by atoms with Crippen molar-refractivity contribution in [1.82, 2.24) is 4.90 Å². The average Bonchev–Trinajstić information content (AvgIpc) is 2.63. The first-order valence-electron chi connectivity index (χ1n) is 6.14. The Morgan fingerprint density at radius 3 is 2.59 bits per heavy atom. The summed E-state index contributed by atoms with van der Waals surface area (Å²) in [6, 6.07) is 2.59. The molecule has 2 N–H and O–H groups in total. The SMILES string of the molecule is CCN(CCOC)C(CN)c1cc(C)sc1C. The van der Waals surface area contributed by atoms with E-state index in [0.717, 1.165) is 19.7 Å². The van der Waals surface area contributed by atoms with Crippen LogP contribution in [0, 0.1) is 13.8 Å². The van der Waals surface area contributed by atoms with E-state index in [1.165, 1.54) is 15.3 Å². The van der Waals surface area contributed by atoms with E-state index in [2.05, 4.69) is 31.7 Å². The number of rotatable bonds is 7. The molecule has 1 rings (SSSR count). The highest BCUT2D eigenvalue weighted by atomic mass is 32.1. The fraction of sp³-hybridized carbons (Fsp3) is 0.692. The number of hydrogen-bond acceptors (Lipinski definition) is 4. The molecular weight excluding hydrogens is 232 g/mol. The van der Waals surface area contributed by atoms with Gasteiger partial charge < -0.3 is 10.5 Å². The van der Waals surface area contributed by atoms with Crippen LogP contribution >= 0.6 is 11.3 Å². The Balaban J connectivity index is 2.84. The third-order valence-electron chi connectivity index (χ3n) is 3.09. The van der Waals surface area contributed by atoms with E-state index >= 15 is 0 Å². The van der Waals surface area contributed by atoms with Crippen LogP contribution in [0.5, 0.6) is 0 Å². The van der Waals surface area contributed by atoms with Crippen LogP contribution in [0.3, 0.4) is 0 Å². The van der Waals surface area contributed by atoms with Crippen molar-refractivity contribution in [3.63, 3.8) is 0 Å². The minimum Gasteiger partial charge on any atom is -0.383 e. The van der Waals surface area contributed by atoms with Crippen molar-refractivity contribution < 1.29 is 4.74 Å². The lowest BCUT2D eigenvalue weighted by Gasteiger charge is -2.29. The quantitative estimate of drug-likeness (QED) is 0.814. The zero-order valence-electron chi connectivity index (χ0n) is 11.3. The Morgan fingerprint density at radius 2 is 2.18 bits per heavy atom. The number of nitrogens with two attached hydrogens (primary N) is 1. The van der Waals surface area contributed by atoms with Gasteiger partial charge in [0, 0.05) is 36.0 Å². The van der Waals surface area contributed by atoms with Crippen molar-refractivity contribution in [2.75, 3.05) is 33.4 Å². The highest BCUT2D eigenvalue weighted by Crippen LogP contribution is 2.29. The summed E-state index contributed by atoms with van der Waals surface area (Å²) in [5.41, 5.74) is 7.34. The first-order chi connectivity index (χ1) is 8.13. The Kier molecular flexibility index (Phi) is 6.12. The summed E-state index contributed by atoms with van der Waals surface area (Å²) in [6.07, 6.45) is 0. The van der Waals surface area contributed by atoms with Crippen LogP contribution in [0.15, 0.2) is 6.07 Å². The molecule has 1 aromatic rings. The van der Waals surface area contributed by atoms with Gasteiger partial charge in [-0.1, -0.05) is 6.92 Å². The molecule has 98 valence electrons. The summed E-state index contributed by atoms with van der Waals surface area (Å²) in [5, 5.41) is 0. The third kappa shape index (κ3) is 3.78. The van der Waals surface area contributed by atoms with Crippen LogP contribution in [0.4, 0.5) is 0 Å². The average molecular weight is 256 g/mol. The van der Waals surface area contributed by atoms with E-state index in [1.807, 2.05) is 11.3 Å². The molecule has 0 aliphatic rings. The van der Waals surface area contributed by atoms with E-state index < -0.39 is 0 Å². The molecule has 0 aliphatic heterocycles. The Labute approximate surface area is 109 Å². The molecule has 0 aliphatic carbocycles. The van der Waals surface area contributed by atoms with Gasteiger partial charge in [-0.25, -0.2) is 0 Å². The van der Waals surface area contributed by atoms with Crippen LogP contribution < -0.4 is 5.73 Å². The molecule has 0 spiro atoms. The summed E-state index contributed by atoms with van der Waals surface area (Å²) in [5.74, 6) is 0. The van der Waals surface area contributed by atoms with Gasteiger partial charge in [0.05, 0.1) is 6.61 Å². The minimum absolute atomic E-state index is 0.320. The summed E-state index contributed by atoms with van der Waals surface area (Å²) >= 11 is 1.85. The first kappa shape index (κ1) is 14.6. The van der Waals surface area contributed by atoms with Crippen LogP contribution in [0.1, 0.15) is 28.3 Å². The van der Waals surface area contributed by atoms with Gasteiger partial charge in [0.1, 0.15) is 0 Å². The molecule has 4 heteroatoms. The van der Waals surface area contributed by atoms with E-state index in [-0.39, 0.29) is 0 Å². The van der Waals surface area contributed by atoms with Gasteiger partial charge in [-0.05, 0) is 32.0 Å². The number of ether oxygens (including phenoxy) is 1. The lowest BCUT2D eigenvalue weighted by Crippen LogP contribution is -2.36.